The minimum atomic E-state index is -0.805. The fourth-order valence-corrected chi connectivity index (χ4v) is 2.62. The van der Waals surface area contributed by atoms with Crippen molar-refractivity contribution in [1.82, 2.24) is 4.90 Å². The Hall–Kier alpha value is -2.93. The van der Waals surface area contributed by atoms with E-state index in [1.54, 1.807) is 4.90 Å². The molecule has 0 aliphatic carbocycles. The van der Waals surface area contributed by atoms with E-state index in [9.17, 15) is 14.9 Å². The van der Waals surface area contributed by atoms with Crippen LogP contribution >= 0.6 is 0 Å². The van der Waals surface area contributed by atoms with E-state index < -0.39 is 11.0 Å². The predicted molar refractivity (Wildman–Crippen MR) is 90.3 cm³/mol. The van der Waals surface area contributed by atoms with Crippen molar-refractivity contribution in [3.05, 3.63) is 70.3 Å². The number of rotatable bonds is 5. The van der Waals surface area contributed by atoms with Crippen LogP contribution in [0.4, 0.5) is 5.69 Å². The summed E-state index contributed by atoms with van der Waals surface area (Å²) >= 11 is 0. The Labute approximate surface area is 144 Å². The molecule has 7 heteroatoms. The van der Waals surface area contributed by atoms with Crippen molar-refractivity contribution in [2.45, 2.75) is 6.10 Å². The topological polar surface area (TPSA) is 81.9 Å². The minimum absolute atomic E-state index is 0.0249. The second-order valence-corrected chi connectivity index (χ2v) is 5.60. The molecule has 1 atom stereocenters. The number of hydrogen-bond acceptors (Lipinski definition) is 5. The molecule has 2 aromatic rings. The van der Waals surface area contributed by atoms with Gasteiger partial charge in [-0.3, -0.25) is 14.9 Å². The summed E-state index contributed by atoms with van der Waals surface area (Å²) in [5.74, 6) is 0.258. The van der Waals surface area contributed by atoms with Gasteiger partial charge in [0.1, 0.15) is 5.75 Å². The largest absolute Gasteiger partial charge is 0.476 e. The van der Waals surface area contributed by atoms with Gasteiger partial charge >= 0.3 is 0 Å². The highest BCUT2D eigenvalue weighted by Crippen LogP contribution is 2.26. The van der Waals surface area contributed by atoms with E-state index in [0.29, 0.717) is 32.1 Å². The fraction of sp³-hybridized carbons (Fsp3) is 0.278. The summed E-state index contributed by atoms with van der Waals surface area (Å²) in [5.41, 5.74) is 0.709. The normalized spacial score (nSPS) is 15.4. The van der Waals surface area contributed by atoms with Gasteiger partial charge in [-0.05, 0) is 12.1 Å². The molecule has 1 aliphatic heterocycles. The van der Waals surface area contributed by atoms with E-state index in [0.717, 1.165) is 5.56 Å². The Morgan fingerprint density at radius 3 is 2.32 bits per heavy atom. The molecule has 1 unspecified atom stereocenters. The standard InChI is InChI=1S/C18H18N2O5/c21-18(19-10-12-24-13-11-19)17(14-4-2-1-3-5-14)25-16-8-6-15(7-9-16)20(22)23/h1-9,17H,10-13H2. The van der Waals surface area contributed by atoms with Gasteiger partial charge in [0.2, 0.25) is 6.10 Å². The zero-order valence-electron chi connectivity index (χ0n) is 13.5. The minimum Gasteiger partial charge on any atom is -0.476 e. The number of nitro groups is 1. The Bertz CT molecular complexity index is 727. The van der Waals surface area contributed by atoms with Crippen molar-refractivity contribution in [3.63, 3.8) is 0 Å². The average Bonchev–Trinajstić information content (AvgIpc) is 2.67. The molecule has 0 radical (unpaired) electrons. The lowest BCUT2D eigenvalue weighted by Gasteiger charge is -2.30. The molecule has 1 aliphatic rings. The monoisotopic (exact) mass is 342 g/mol. The predicted octanol–water partition coefficient (Wildman–Crippen LogP) is 2.57. The van der Waals surface area contributed by atoms with E-state index in [1.165, 1.54) is 24.3 Å². The molecule has 0 spiro atoms. The van der Waals surface area contributed by atoms with Crippen molar-refractivity contribution in [2.24, 2.45) is 0 Å². The van der Waals surface area contributed by atoms with E-state index in [4.69, 9.17) is 9.47 Å². The van der Waals surface area contributed by atoms with Crippen LogP contribution in [0.2, 0.25) is 0 Å². The number of benzene rings is 2. The first-order chi connectivity index (χ1) is 12.1. The van der Waals surface area contributed by atoms with Gasteiger partial charge in [-0.2, -0.15) is 0 Å². The smallest absolute Gasteiger partial charge is 0.269 e. The van der Waals surface area contributed by atoms with Crippen molar-refractivity contribution in [2.75, 3.05) is 26.3 Å². The van der Waals surface area contributed by atoms with Gasteiger partial charge in [-0.15, -0.1) is 0 Å². The highest BCUT2D eigenvalue weighted by atomic mass is 16.6. The Balaban J connectivity index is 1.83. The lowest BCUT2D eigenvalue weighted by Crippen LogP contribution is -2.44. The van der Waals surface area contributed by atoms with Gasteiger partial charge in [0.25, 0.3) is 11.6 Å². The molecule has 1 saturated heterocycles. The molecule has 25 heavy (non-hydrogen) atoms. The SMILES string of the molecule is O=C(C(Oc1ccc([N+](=O)[O-])cc1)c1ccccc1)N1CCOCC1. The number of ether oxygens (including phenoxy) is 2. The van der Waals surface area contributed by atoms with Crippen LogP contribution in [-0.2, 0) is 9.53 Å². The number of hydrogen-bond donors (Lipinski definition) is 0. The van der Waals surface area contributed by atoms with Gasteiger partial charge in [0.15, 0.2) is 0 Å². The molecule has 130 valence electrons. The summed E-state index contributed by atoms with van der Waals surface area (Å²) in [6, 6.07) is 14.9. The van der Waals surface area contributed by atoms with Crippen LogP contribution in [0.15, 0.2) is 54.6 Å². The molecule has 1 heterocycles. The van der Waals surface area contributed by atoms with Gasteiger partial charge in [0, 0.05) is 30.8 Å². The van der Waals surface area contributed by atoms with E-state index in [-0.39, 0.29) is 11.6 Å². The second kappa shape index (κ2) is 7.76. The van der Waals surface area contributed by atoms with Crippen LogP contribution in [0.3, 0.4) is 0 Å². The summed E-state index contributed by atoms with van der Waals surface area (Å²) in [4.78, 5) is 24.9. The second-order valence-electron chi connectivity index (χ2n) is 5.60. The van der Waals surface area contributed by atoms with Crippen molar-refractivity contribution in [1.29, 1.82) is 0 Å². The number of amides is 1. The van der Waals surface area contributed by atoms with Crippen LogP contribution in [0.5, 0.6) is 5.75 Å². The summed E-state index contributed by atoms with van der Waals surface area (Å²) < 4.78 is 11.2. The molecule has 1 fully saturated rings. The third-order valence-electron chi connectivity index (χ3n) is 3.95. The van der Waals surface area contributed by atoms with Gasteiger partial charge in [0.05, 0.1) is 18.1 Å². The Morgan fingerprint density at radius 2 is 1.72 bits per heavy atom. The third-order valence-corrected chi connectivity index (χ3v) is 3.95. The summed E-state index contributed by atoms with van der Waals surface area (Å²) in [5, 5.41) is 10.8. The Kier molecular flexibility index (Phi) is 5.25. The van der Waals surface area contributed by atoms with Crippen LogP contribution in [0, 0.1) is 10.1 Å². The lowest BCUT2D eigenvalue weighted by molar-refractivity contribution is -0.384. The molecule has 0 bridgehead atoms. The maximum absolute atomic E-state index is 12.9. The molecule has 0 saturated carbocycles. The average molecular weight is 342 g/mol. The molecule has 0 aromatic heterocycles. The number of carbonyl (C=O) groups excluding carboxylic acids is 1. The number of nitrogens with zero attached hydrogens (tertiary/aromatic N) is 2. The van der Waals surface area contributed by atoms with E-state index in [1.807, 2.05) is 30.3 Å². The molecule has 0 N–H and O–H groups in total. The number of nitro benzene ring substituents is 1. The zero-order chi connectivity index (χ0) is 17.6. The first-order valence-corrected chi connectivity index (χ1v) is 7.98. The van der Waals surface area contributed by atoms with Crippen molar-refractivity contribution in [3.8, 4) is 5.75 Å². The first-order valence-electron chi connectivity index (χ1n) is 7.98. The fourth-order valence-electron chi connectivity index (χ4n) is 2.62. The quantitative estimate of drug-likeness (QED) is 0.616. The number of carbonyl (C=O) groups is 1. The molecule has 1 amide bonds. The summed E-state index contributed by atoms with van der Waals surface area (Å²) in [6.45, 7) is 2.05. The van der Waals surface area contributed by atoms with Gasteiger partial charge < -0.3 is 14.4 Å². The molecule has 7 nitrogen and oxygen atoms in total. The van der Waals surface area contributed by atoms with Crippen molar-refractivity contribution >= 4 is 11.6 Å². The molecule has 3 rings (SSSR count). The lowest BCUT2D eigenvalue weighted by atomic mass is 10.1. The maximum Gasteiger partial charge on any atom is 0.269 e. The van der Waals surface area contributed by atoms with E-state index in [2.05, 4.69) is 0 Å². The van der Waals surface area contributed by atoms with E-state index >= 15 is 0 Å². The number of non-ortho nitro benzene ring substituents is 1. The maximum atomic E-state index is 12.9. The van der Waals surface area contributed by atoms with Gasteiger partial charge in [-0.25, -0.2) is 0 Å². The summed E-state index contributed by atoms with van der Waals surface area (Å²) in [7, 11) is 0. The summed E-state index contributed by atoms with van der Waals surface area (Å²) in [6.07, 6.45) is -0.805. The van der Waals surface area contributed by atoms with Crippen LogP contribution in [0.1, 0.15) is 11.7 Å². The Morgan fingerprint density at radius 1 is 1.08 bits per heavy atom. The zero-order valence-corrected chi connectivity index (χ0v) is 13.5. The molecular weight excluding hydrogens is 324 g/mol. The van der Waals surface area contributed by atoms with Crippen LogP contribution in [-0.4, -0.2) is 42.0 Å². The third kappa shape index (κ3) is 4.13. The molecular formula is C18H18N2O5. The highest BCUT2D eigenvalue weighted by Gasteiger charge is 2.29. The van der Waals surface area contributed by atoms with Gasteiger partial charge in [-0.1, -0.05) is 30.3 Å². The highest BCUT2D eigenvalue weighted by molar-refractivity contribution is 5.82. The first kappa shape index (κ1) is 16.9. The van der Waals surface area contributed by atoms with Crippen LogP contribution < -0.4 is 4.74 Å². The van der Waals surface area contributed by atoms with Crippen LogP contribution in [0.25, 0.3) is 0 Å². The van der Waals surface area contributed by atoms with Crippen molar-refractivity contribution < 1.29 is 19.2 Å². The molecule has 2 aromatic carbocycles. The number of morpholine rings is 1.